The third kappa shape index (κ3) is 6.47. The van der Waals surface area contributed by atoms with Crippen LogP contribution in [0.15, 0.2) is 0 Å². The van der Waals surface area contributed by atoms with Crippen LogP contribution in [-0.4, -0.2) is 38.4 Å². The molecule has 90 valence electrons. The fourth-order valence-electron chi connectivity index (χ4n) is 0.795. The summed E-state index contributed by atoms with van der Waals surface area (Å²) in [6, 6.07) is 0. The van der Waals surface area contributed by atoms with Crippen LogP contribution in [0, 0.1) is 5.92 Å². The maximum absolute atomic E-state index is 11.5. The Hall–Kier alpha value is -0.610. The molecular weight excluding hydrogens is 194 g/mol. The summed E-state index contributed by atoms with van der Waals surface area (Å²) in [5, 5.41) is 2.88. The summed E-state index contributed by atoms with van der Waals surface area (Å²) >= 11 is 0. The molecule has 4 heteroatoms. The van der Waals surface area contributed by atoms with Crippen molar-refractivity contribution in [2.75, 3.05) is 26.9 Å². The normalized spacial score (nSPS) is 11.9. The molecule has 4 nitrogen and oxygen atoms in total. The van der Waals surface area contributed by atoms with E-state index in [2.05, 4.69) is 19.2 Å². The van der Waals surface area contributed by atoms with Gasteiger partial charge in [-0.15, -0.1) is 0 Å². The number of nitrogens with one attached hydrogen (secondary N) is 1. The van der Waals surface area contributed by atoms with Crippen LogP contribution in [0.3, 0.4) is 0 Å². The van der Waals surface area contributed by atoms with Crippen LogP contribution in [0.2, 0.25) is 0 Å². The van der Waals surface area contributed by atoms with Gasteiger partial charge in [0.25, 0.3) is 0 Å². The van der Waals surface area contributed by atoms with E-state index in [9.17, 15) is 4.79 Å². The van der Waals surface area contributed by atoms with Crippen molar-refractivity contribution >= 4 is 5.97 Å². The number of rotatable bonds is 7. The lowest BCUT2D eigenvalue weighted by Crippen LogP contribution is -2.45. The SMILES string of the molecule is CNC(C)(C)C(=O)OCCOCC(C)C. The van der Waals surface area contributed by atoms with E-state index < -0.39 is 5.54 Å². The predicted molar refractivity (Wildman–Crippen MR) is 59.8 cm³/mol. The van der Waals surface area contributed by atoms with Crippen molar-refractivity contribution in [2.45, 2.75) is 33.2 Å². The van der Waals surface area contributed by atoms with Crippen LogP contribution < -0.4 is 5.32 Å². The van der Waals surface area contributed by atoms with Gasteiger partial charge in [-0.2, -0.15) is 0 Å². The lowest BCUT2D eigenvalue weighted by atomic mass is 10.1. The van der Waals surface area contributed by atoms with E-state index >= 15 is 0 Å². The first-order valence-electron chi connectivity index (χ1n) is 5.34. The summed E-state index contributed by atoms with van der Waals surface area (Å²) in [5.41, 5.74) is -0.627. The van der Waals surface area contributed by atoms with Crippen LogP contribution in [0.5, 0.6) is 0 Å². The van der Waals surface area contributed by atoms with Crippen molar-refractivity contribution in [3.63, 3.8) is 0 Å². The molecule has 0 bridgehead atoms. The molecule has 0 aliphatic carbocycles. The van der Waals surface area contributed by atoms with Gasteiger partial charge in [0.1, 0.15) is 12.1 Å². The zero-order chi connectivity index (χ0) is 11.9. The summed E-state index contributed by atoms with van der Waals surface area (Å²) in [4.78, 5) is 11.5. The molecule has 15 heavy (non-hydrogen) atoms. The number of likely N-dealkylation sites (N-methyl/N-ethyl adjacent to an activating group) is 1. The van der Waals surface area contributed by atoms with Crippen molar-refractivity contribution < 1.29 is 14.3 Å². The fraction of sp³-hybridized carbons (Fsp3) is 0.909. The zero-order valence-corrected chi connectivity index (χ0v) is 10.4. The molecule has 0 fully saturated rings. The molecule has 0 unspecified atom stereocenters. The second kappa shape index (κ2) is 6.80. The molecule has 1 N–H and O–H groups in total. The van der Waals surface area contributed by atoms with E-state index in [1.54, 1.807) is 20.9 Å². The van der Waals surface area contributed by atoms with Crippen LogP contribution in [0.25, 0.3) is 0 Å². The van der Waals surface area contributed by atoms with E-state index in [1.807, 2.05) is 0 Å². The average molecular weight is 217 g/mol. The molecule has 0 aromatic rings. The third-order valence-electron chi connectivity index (χ3n) is 2.05. The summed E-state index contributed by atoms with van der Waals surface area (Å²) < 4.78 is 10.3. The first-order valence-corrected chi connectivity index (χ1v) is 5.34. The molecule has 0 aromatic carbocycles. The van der Waals surface area contributed by atoms with Crippen molar-refractivity contribution in [2.24, 2.45) is 5.92 Å². The molecule has 0 radical (unpaired) electrons. The maximum atomic E-state index is 11.5. The standard InChI is InChI=1S/C11H23NO3/c1-9(2)8-14-6-7-15-10(13)11(3,4)12-5/h9,12H,6-8H2,1-5H3. The molecular formula is C11H23NO3. The predicted octanol–water partition coefficient (Wildman–Crippen LogP) is 1.20. The Kier molecular flexibility index (Phi) is 6.52. The van der Waals surface area contributed by atoms with Gasteiger partial charge in [-0.05, 0) is 26.8 Å². The van der Waals surface area contributed by atoms with Gasteiger partial charge in [0.15, 0.2) is 0 Å². The molecule has 0 amide bonds. The minimum Gasteiger partial charge on any atom is -0.462 e. The van der Waals surface area contributed by atoms with Crippen molar-refractivity contribution in [1.29, 1.82) is 0 Å². The molecule has 0 aliphatic heterocycles. The molecule has 0 spiro atoms. The Balaban J connectivity index is 3.56. The highest BCUT2D eigenvalue weighted by atomic mass is 16.6. The average Bonchev–Trinajstić information content (AvgIpc) is 2.16. The quantitative estimate of drug-likeness (QED) is 0.514. The van der Waals surface area contributed by atoms with Gasteiger partial charge in [-0.1, -0.05) is 13.8 Å². The third-order valence-corrected chi connectivity index (χ3v) is 2.05. The van der Waals surface area contributed by atoms with Crippen LogP contribution in [-0.2, 0) is 14.3 Å². The lowest BCUT2D eigenvalue weighted by molar-refractivity contribution is -0.151. The summed E-state index contributed by atoms with van der Waals surface area (Å²) in [7, 11) is 1.73. The summed E-state index contributed by atoms with van der Waals surface area (Å²) in [6.07, 6.45) is 0. The number of esters is 1. The van der Waals surface area contributed by atoms with E-state index in [-0.39, 0.29) is 5.97 Å². The zero-order valence-electron chi connectivity index (χ0n) is 10.4. The van der Waals surface area contributed by atoms with Gasteiger partial charge in [-0.25, -0.2) is 0 Å². The van der Waals surface area contributed by atoms with Gasteiger partial charge in [0, 0.05) is 6.61 Å². The maximum Gasteiger partial charge on any atom is 0.325 e. The Labute approximate surface area is 92.3 Å². The molecule has 0 aromatic heterocycles. The van der Waals surface area contributed by atoms with Crippen molar-refractivity contribution in [1.82, 2.24) is 5.32 Å². The molecule has 0 rings (SSSR count). The molecule has 0 atom stereocenters. The lowest BCUT2D eigenvalue weighted by Gasteiger charge is -2.21. The highest BCUT2D eigenvalue weighted by molar-refractivity contribution is 5.79. The van der Waals surface area contributed by atoms with E-state index in [0.717, 1.165) is 0 Å². The first kappa shape index (κ1) is 14.4. The Bertz CT molecular complexity index is 190. The molecule has 0 saturated heterocycles. The van der Waals surface area contributed by atoms with E-state index in [0.29, 0.717) is 25.7 Å². The van der Waals surface area contributed by atoms with Gasteiger partial charge >= 0.3 is 5.97 Å². The largest absolute Gasteiger partial charge is 0.462 e. The minimum atomic E-state index is -0.627. The van der Waals surface area contributed by atoms with Gasteiger partial charge in [0.05, 0.1) is 6.61 Å². The monoisotopic (exact) mass is 217 g/mol. The van der Waals surface area contributed by atoms with Crippen LogP contribution in [0.1, 0.15) is 27.7 Å². The molecule has 0 heterocycles. The number of hydrogen-bond acceptors (Lipinski definition) is 4. The number of ether oxygens (including phenoxy) is 2. The highest BCUT2D eigenvalue weighted by Gasteiger charge is 2.26. The number of carbonyl (C=O) groups is 1. The van der Waals surface area contributed by atoms with Gasteiger partial charge in [0.2, 0.25) is 0 Å². The van der Waals surface area contributed by atoms with Gasteiger partial charge in [-0.3, -0.25) is 4.79 Å². The highest BCUT2D eigenvalue weighted by Crippen LogP contribution is 2.03. The smallest absolute Gasteiger partial charge is 0.325 e. The van der Waals surface area contributed by atoms with Crippen LogP contribution in [0.4, 0.5) is 0 Å². The second-order valence-electron chi connectivity index (χ2n) is 4.48. The fourth-order valence-corrected chi connectivity index (χ4v) is 0.795. The Morgan fingerprint density at radius 2 is 1.93 bits per heavy atom. The van der Waals surface area contributed by atoms with E-state index in [4.69, 9.17) is 9.47 Å². The van der Waals surface area contributed by atoms with Crippen molar-refractivity contribution in [3.05, 3.63) is 0 Å². The second-order valence-corrected chi connectivity index (χ2v) is 4.48. The number of carbonyl (C=O) groups excluding carboxylic acids is 1. The Morgan fingerprint density at radius 3 is 2.40 bits per heavy atom. The van der Waals surface area contributed by atoms with Crippen molar-refractivity contribution in [3.8, 4) is 0 Å². The van der Waals surface area contributed by atoms with Crippen LogP contribution >= 0.6 is 0 Å². The summed E-state index contributed by atoms with van der Waals surface area (Å²) in [6.45, 7) is 9.20. The Morgan fingerprint density at radius 1 is 1.33 bits per heavy atom. The van der Waals surface area contributed by atoms with Gasteiger partial charge < -0.3 is 14.8 Å². The molecule has 0 aliphatic rings. The van der Waals surface area contributed by atoms with E-state index in [1.165, 1.54) is 0 Å². The minimum absolute atomic E-state index is 0.252. The number of hydrogen-bond donors (Lipinski definition) is 1. The molecule has 0 saturated carbocycles. The summed E-state index contributed by atoms with van der Waals surface area (Å²) in [5.74, 6) is 0.257. The first-order chi connectivity index (χ1) is 6.90. The topological polar surface area (TPSA) is 47.6 Å².